The second-order valence-corrected chi connectivity index (χ2v) is 11.6. The summed E-state index contributed by atoms with van der Waals surface area (Å²) in [5, 5.41) is 17.4. The summed E-state index contributed by atoms with van der Waals surface area (Å²) in [6.45, 7) is 7.52. The zero-order chi connectivity index (χ0) is 29.1. The number of piperidine rings is 1. The van der Waals surface area contributed by atoms with Crippen LogP contribution in [0.3, 0.4) is 0 Å². The fraction of sp³-hybridized carbons (Fsp3) is 0.406. The number of nitrogens with one attached hydrogen (secondary N) is 2. The van der Waals surface area contributed by atoms with Crippen LogP contribution in [0.5, 0.6) is 5.75 Å². The molecule has 0 radical (unpaired) electrons. The van der Waals surface area contributed by atoms with Gasteiger partial charge in [-0.25, -0.2) is 0 Å². The van der Waals surface area contributed by atoms with E-state index < -0.39 is 0 Å². The molecule has 0 aliphatic carbocycles. The molecular weight excluding hydrogens is 546 g/mol. The number of hydrogen-bond acceptors (Lipinski definition) is 8. The van der Waals surface area contributed by atoms with E-state index in [1.807, 2.05) is 49.5 Å². The van der Waals surface area contributed by atoms with E-state index in [1.54, 1.807) is 11.3 Å². The van der Waals surface area contributed by atoms with Crippen molar-refractivity contribution in [3.05, 3.63) is 84.2 Å². The first-order valence-electron chi connectivity index (χ1n) is 14.8. The van der Waals surface area contributed by atoms with Crippen molar-refractivity contribution < 1.29 is 9.53 Å². The maximum absolute atomic E-state index is 12.8. The highest BCUT2D eigenvalue weighted by Gasteiger charge is 2.26. The summed E-state index contributed by atoms with van der Waals surface area (Å²) >= 11 is 1.59. The Labute approximate surface area is 252 Å². The molecule has 1 saturated heterocycles. The third-order valence-corrected chi connectivity index (χ3v) is 8.51. The maximum atomic E-state index is 12.8. The van der Waals surface area contributed by atoms with Crippen molar-refractivity contribution in [3.63, 3.8) is 0 Å². The average Bonchev–Trinajstić information content (AvgIpc) is 3.70. The highest BCUT2D eigenvalue weighted by atomic mass is 32.1. The minimum absolute atomic E-state index is 0.0559. The van der Waals surface area contributed by atoms with Gasteiger partial charge in [-0.15, -0.1) is 10.2 Å². The molecule has 1 aliphatic rings. The van der Waals surface area contributed by atoms with Gasteiger partial charge in [-0.3, -0.25) is 9.36 Å². The fourth-order valence-electron chi connectivity index (χ4n) is 5.22. The van der Waals surface area contributed by atoms with Gasteiger partial charge in [0.2, 0.25) is 16.2 Å². The van der Waals surface area contributed by atoms with Gasteiger partial charge >= 0.3 is 0 Å². The smallest absolute Gasteiger partial charge is 0.223 e. The number of nitrogens with zero attached hydrogens (tertiary/aromatic N) is 5. The molecule has 2 aromatic heterocycles. The Kier molecular flexibility index (Phi) is 10.5. The molecule has 9 nitrogen and oxygen atoms in total. The lowest BCUT2D eigenvalue weighted by molar-refractivity contribution is -0.125. The molecule has 10 heteroatoms. The van der Waals surface area contributed by atoms with Crippen LogP contribution < -0.4 is 20.3 Å². The van der Waals surface area contributed by atoms with Gasteiger partial charge in [-0.05, 0) is 81.7 Å². The number of ether oxygens (including phenoxy) is 1. The zero-order valence-electron chi connectivity index (χ0n) is 24.5. The minimum atomic E-state index is 0.0559. The SMILES string of the molecule is CCOc1ccc(NCc2cccn2-c2nnc(N3CCC(C(=O)NCCCN(C)Cc4ccccc4)CC3)s2)cc1. The van der Waals surface area contributed by atoms with Gasteiger partial charge in [0.15, 0.2) is 0 Å². The van der Waals surface area contributed by atoms with E-state index in [1.165, 1.54) is 5.56 Å². The van der Waals surface area contributed by atoms with Gasteiger partial charge in [-0.1, -0.05) is 41.7 Å². The van der Waals surface area contributed by atoms with E-state index in [0.29, 0.717) is 19.7 Å². The largest absolute Gasteiger partial charge is 0.494 e. The summed E-state index contributed by atoms with van der Waals surface area (Å²) in [5.41, 5.74) is 3.45. The first kappa shape index (κ1) is 29.6. The number of carbonyl (C=O) groups is 1. The zero-order valence-corrected chi connectivity index (χ0v) is 25.4. The first-order chi connectivity index (χ1) is 20.6. The van der Waals surface area contributed by atoms with Crippen molar-refractivity contribution in [1.82, 2.24) is 25.0 Å². The molecule has 1 aliphatic heterocycles. The van der Waals surface area contributed by atoms with Crippen molar-refractivity contribution in [2.45, 2.75) is 39.3 Å². The molecule has 0 saturated carbocycles. The van der Waals surface area contributed by atoms with Crippen molar-refractivity contribution >= 4 is 28.1 Å². The van der Waals surface area contributed by atoms with Crippen LogP contribution in [-0.4, -0.2) is 65.4 Å². The van der Waals surface area contributed by atoms with Crippen LogP contribution in [-0.2, 0) is 17.9 Å². The Hall–Kier alpha value is -3.89. The number of rotatable bonds is 14. The Morgan fingerprint density at radius 3 is 2.55 bits per heavy atom. The molecule has 4 aromatic rings. The van der Waals surface area contributed by atoms with E-state index in [2.05, 4.69) is 72.6 Å². The second kappa shape index (κ2) is 14.8. The van der Waals surface area contributed by atoms with E-state index in [4.69, 9.17) is 4.74 Å². The predicted octanol–water partition coefficient (Wildman–Crippen LogP) is 5.19. The van der Waals surface area contributed by atoms with Crippen molar-refractivity contribution in [3.8, 4) is 10.9 Å². The quantitative estimate of drug-likeness (QED) is 0.196. The lowest BCUT2D eigenvalue weighted by Crippen LogP contribution is -2.41. The Morgan fingerprint density at radius 1 is 1.02 bits per heavy atom. The summed E-state index contributed by atoms with van der Waals surface area (Å²) in [6, 6.07) is 22.6. The van der Waals surface area contributed by atoms with Crippen LogP contribution in [0.1, 0.15) is 37.4 Å². The van der Waals surface area contributed by atoms with Gasteiger partial charge < -0.3 is 25.2 Å². The van der Waals surface area contributed by atoms with E-state index in [-0.39, 0.29) is 11.8 Å². The van der Waals surface area contributed by atoms with Gasteiger partial charge in [0.1, 0.15) is 5.75 Å². The normalized spacial score (nSPS) is 13.8. The lowest BCUT2D eigenvalue weighted by Gasteiger charge is -2.30. The Morgan fingerprint density at radius 2 is 1.79 bits per heavy atom. The van der Waals surface area contributed by atoms with Gasteiger partial charge in [0.25, 0.3) is 0 Å². The van der Waals surface area contributed by atoms with E-state index in [0.717, 1.165) is 72.8 Å². The molecule has 0 atom stereocenters. The standard InChI is InChI=1S/C32H41N7O2S/c1-3-41-29-14-12-27(13-15-29)34-23-28-11-7-20-39(28)32-36-35-31(42-32)38-21-16-26(17-22-38)30(40)33-18-8-19-37(2)24-25-9-5-4-6-10-25/h4-7,9-15,20,26,34H,3,8,16-19,21-24H2,1-2H3,(H,33,40). The van der Waals surface area contributed by atoms with Gasteiger partial charge in [-0.2, -0.15) is 0 Å². The van der Waals surface area contributed by atoms with Gasteiger partial charge in [0.05, 0.1) is 13.2 Å². The monoisotopic (exact) mass is 587 g/mol. The molecule has 3 heterocycles. The van der Waals surface area contributed by atoms with Crippen molar-refractivity contribution in [2.75, 3.05) is 50.1 Å². The van der Waals surface area contributed by atoms with Crippen LogP contribution in [0.4, 0.5) is 10.8 Å². The lowest BCUT2D eigenvalue weighted by atomic mass is 9.96. The van der Waals surface area contributed by atoms with Crippen LogP contribution in [0.15, 0.2) is 72.9 Å². The Balaban J connectivity index is 1.04. The Bertz CT molecular complexity index is 1380. The molecule has 42 heavy (non-hydrogen) atoms. The minimum Gasteiger partial charge on any atom is -0.494 e. The highest BCUT2D eigenvalue weighted by Crippen LogP contribution is 2.29. The summed E-state index contributed by atoms with van der Waals surface area (Å²) in [6.07, 6.45) is 4.62. The molecule has 1 fully saturated rings. The number of benzene rings is 2. The van der Waals surface area contributed by atoms with E-state index >= 15 is 0 Å². The van der Waals surface area contributed by atoms with Crippen LogP contribution in [0, 0.1) is 5.92 Å². The van der Waals surface area contributed by atoms with Crippen molar-refractivity contribution in [2.24, 2.45) is 5.92 Å². The molecule has 5 rings (SSSR count). The third-order valence-electron chi connectivity index (χ3n) is 7.53. The molecule has 0 spiro atoms. The topological polar surface area (TPSA) is 87.5 Å². The molecule has 2 N–H and O–H groups in total. The maximum Gasteiger partial charge on any atom is 0.223 e. The molecule has 0 bridgehead atoms. The summed E-state index contributed by atoms with van der Waals surface area (Å²) < 4.78 is 7.61. The predicted molar refractivity (Wildman–Crippen MR) is 170 cm³/mol. The van der Waals surface area contributed by atoms with Crippen molar-refractivity contribution in [1.29, 1.82) is 0 Å². The molecule has 0 unspecified atom stereocenters. The van der Waals surface area contributed by atoms with Crippen LogP contribution in [0.2, 0.25) is 0 Å². The average molecular weight is 588 g/mol. The number of carbonyl (C=O) groups excluding carboxylic acids is 1. The van der Waals surface area contributed by atoms with Gasteiger partial charge in [0, 0.05) is 49.7 Å². The number of hydrogen-bond donors (Lipinski definition) is 2. The number of amides is 1. The third kappa shape index (κ3) is 8.10. The van der Waals surface area contributed by atoms with E-state index in [9.17, 15) is 4.79 Å². The summed E-state index contributed by atoms with van der Waals surface area (Å²) in [7, 11) is 2.13. The molecule has 222 valence electrons. The first-order valence-corrected chi connectivity index (χ1v) is 15.6. The second-order valence-electron chi connectivity index (χ2n) is 10.7. The summed E-state index contributed by atoms with van der Waals surface area (Å²) in [5.74, 6) is 1.10. The van der Waals surface area contributed by atoms with Crippen LogP contribution in [0.25, 0.3) is 5.13 Å². The molecule has 2 aromatic carbocycles. The van der Waals surface area contributed by atoms with Crippen LogP contribution >= 0.6 is 11.3 Å². The molecular formula is C32H41N7O2S. The summed E-state index contributed by atoms with van der Waals surface area (Å²) in [4.78, 5) is 17.4. The number of anilines is 2. The number of aromatic nitrogens is 3. The molecule has 1 amide bonds. The highest BCUT2D eigenvalue weighted by molar-refractivity contribution is 7.17. The fourth-order valence-corrected chi connectivity index (χ4v) is 6.14.